The summed E-state index contributed by atoms with van der Waals surface area (Å²) in [5, 5.41) is -2.26. The lowest BCUT2D eigenvalue weighted by atomic mass is 9.73. The van der Waals surface area contributed by atoms with Crippen LogP contribution in [0.3, 0.4) is 0 Å². The number of hydrogen-bond donors (Lipinski definition) is 0. The average Bonchev–Trinajstić information content (AvgIpc) is 2.37. The van der Waals surface area contributed by atoms with E-state index < -0.39 is 31.3 Å². The molecule has 0 aliphatic heterocycles. The molecule has 21 heavy (non-hydrogen) atoms. The maximum Gasteiger partial charge on any atom is 0.390 e. The maximum atomic E-state index is 12.9. The lowest BCUT2D eigenvalue weighted by molar-refractivity contribution is -0.325. The van der Waals surface area contributed by atoms with Crippen LogP contribution in [0.1, 0.15) is 43.6 Å². The van der Waals surface area contributed by atoms with E-state index in [-0.39, 0.29) is 12.8 Å². The fourth-order valence-corrected chi connectivity index (χ4v) is 4.83. The fourth-order valence-electron chi connectivity index (χ4n) is 3.37. The van der Waals surface area contributed by atoms with Gasteiger partial charge in [0, 0.05) is 5.16 Å². The van der Waals surface area contributed by atoms with Crippen LogP contribution in [0, 0.1) is 0 Å². The maximum absolute atomic E-state index is 12.9. The van der Waals surface area contributed by atoms with Crippen LogP contribution in [0.15, 0.2) is 30.3 Å². The summed E-state index contributed by atoms with van der Waals surface area (Å²) in [5.74, 6) is -0.894. The smallest absolute Gasteiger partial charge is 0.390 e. The van der Waals surface area contributed by atoms with Crippen molar-refractivity contribution >= 4 is 7.60 Å². The SMILES string of the molecule is O=P([O-])([O-])C1(CC(F)(F)F)CCCCC1c1ccccc1. The first-order valence-electron chi connectivity index (χ1n) is 6.80. The third-order valence-corrected chi connectivity index (χ3v) is 6.04. The molecule has 7 heteroatoms. The molecule has 0 radical (unpaired) electrons. The van der Waals surface area contributed by atoms with Crippen molar-refractivity contribution in [3.63, 3.8) is 0 Å². The van der Waals surface area contributed by atoms with Crippen LogP contribution >= 0.6 is 7.60 Å². The van der Waals surface area contributed by atoms with E-state index in [1.165, 1.54) is 0 Å². The van der Waals surface area contributed by atoms with Crippen molar-refractivity contribution in [2.75, 3.05) is 0 Å². The number of halogens is 3. The number of benzene rings is 1. The van der Waals surface area contributed by atoms with Gasteiger partial charge in [-0.15, -0.1) is 0 Å². The van der Waals surface area contributed by atoms with Gasteiger partial charge in [0.1, 0.15) is 0 Å². The Hall–Kier alpha value is -0.840. The Morgan fingerprint density at radius 2 is 1.81 bits per heavy atom. The Morgan fingerprint density at radius 1 is 1.19 bits per heavy atom. The highest BCUT2D eigenvalue weighted by molar-refractivity contribution is 7.50. The minimum Gasteiger partial charge on any atom is -0.810 e. The molecule has 1 fully saturated rings. The molecular formula is C14H16F3O3P-2. The van der Waals surface area contributed by atoms with E-state index in [0.29, 0.717) is 18.4 Å². The van der Waals surface area contributed by atoms with Crippen molar-refractivity contribution in [1.29, 1.82) is 0 Å². The van der Waals surface area contributed by atoms with E-state index in [2.05, 4.69) is 0 Å². The predicted molar refractivity (Wildman–Crippen MR) is 68.7 cm³/mol. The fraction of sp³-hybridized carbons (Fsp3) is 0.571. The van der Waals surface area contributed by atoms with Gasteiger partial charge in [0.05, 0.1) is 6.42 Å². The summed E-state index contributed by atoms with van der Waals surface area (Å²) in [6, 6.07) is 8.17. The normalized spacial score (nSPS) is 27.6. The van der Waals surface area contributed by atoms with E-state index in [9.17, 15) is 27.5 Å². The molecule has 1 saturated carbocycles. The molecule has 1 aliphatic rings. The van der Waals surface area contributed by atoms with Crippen LogP contribution in [0.4, 0.5) is 13.2 Å². The second kappa shape index (κ2) is 5.75. The highest BCUT2D eigenvalue weighted by atomic mass is 31.2. The van der Waals surface area contributed by atoms with Gasteiger partial charge in [-0.3, -0.25) is 0 Å². The first-order valence-corrected chi connectivity index (χ1v) is 8.34. The molecule has 2 rings (SSSR count). The third kappa shape index (κ3) is 3.50. The molecule has 1 aliphatic carbocycles. The predicted octanol–water partition coefficient (Wildman–Crippen LogP) is 2.95. The molecule has 2 atom stereocenters. The highest BCUT2D eigenvalue weighted by Crippen LogP contribution is 2.62. The minimum absolute atomic E-state index is 0.226. The molecule has 0 heterocycles. The van der Waals surface area contributed by atoms with Crippen molar-refractivity contribution in [3.8, 4) is 0 Å². The summed E-state index contributed by atoms with van der Waals surface area (Å²) in [6.07, 6.45) is -5.24. The topological polar surface area (TPSA) is 63.2 Å². The molecule has 1 aromatic rings. The second-order valence-electron chi connectivity index (χ2n) is 5.60. The number of alkyl halides is 3. The number of hydrogen-bond acceptors (Lipinski definition) is 3. The average molecular weight is 320 g/mol. The van der Waals surface area contributed by atoms with Gasteiger partial charge in [0.2, 0.25) is 0 Å². The van der Waals surface area contributed by atoms with Crippen molar-refractivity contribution in [3.05, 3.63) is 35.9 Å². The van der Waals surface area contributed by atoms with E-state index in [1.54, 1.807) is 30.3 Å². The number of rotatable bonds is 3. The monoisotopic (exact) mass is 320 g/mol. The third-order valence-electron chi connectivity index (χ3n) is 4.26. The van der Waals surface area contributed by atoms with Crippen LogP contribution in [0.2, 0.25) is 0 Å². The molecule has 0 saturated heterocycles. The van der Waals surface area contributed by atoms with E-state index in [0.717, 1.165) is 0 Å². The lowest BCUT2D eigenvalue weighted by Crippen LogP contribution is -2.48. The van der Waals surface area contributed by atoms with Gasteiger partial charge in [-0.05, 0) is 24.3 Å². The first kappa shape index (κ1) is 16.5. The summed E-state index contributed by atoms with van der Waals surface area (Å²) in [6.45, 7) is 0. The van der Waals surface area contributed by atoms with Gasteiger partial charge in [0.25, 0.3) is 0 Å². The van der Waals surface area contributed by atoms with Gasteiger partial charge in [0.15, 0.2) is 0 Å². The van der Waals surface area contributed by atoms with E-state index >= 15 is 0 Å². The summed E-state index contributed by atoms with van der Waals surface area (Å²) >= 11 is 0. The Labute approximate surface area is 121 Å². The standard InChI is InChI=1S/C14H18F3O3P/c15-14(16,17)10-13(21(18,19)20)9-5-4-8-12(13)11-6-2-1-3-7-11/h1-3,6-7,12H,4-5,8-10H2,(H2,18,19,20)/p-2. The van der Waals surface area contributed by atoms with Crippen LogP contribution in [0.25, 0.3) is 0 Å². The van der Waals surface area contributed by atoms with Crippen LogP contribution in [-0.2, 0) is 4.57 Å². The summed E-state index contributed by atoms with van der Waals surface area (Å²) in [5.41, 5.74) is 0.494. The molecule has 0 bridgehead atoms. The molecule has 0 amide bonds. The molecule has 1 aromatic carbocycles. The zero-order chi connectivity index (χ0) is 15.7. The summed E-state index contributed by atoms with van der Waals surface area (Å²) in [7, 11) is -5.41. The van der Waals surface area contributed by atoms with Crippen molar-refractivity contribution in [2.24, 2.45) is 0 Å². The van der Waals surface area contributed by atoms with Crippen molar-refractivity contribution in [1.82, 2.24) is 0 Å². The Morgan fingerprint density at radius 3 is 2.33 bits per heavy atom. The highest BCUT2D eigenvalue weighted by Gasteiger charge is 2.50. The van der Waals surface area contributed by atoms with E-state index in [1.807, 2.05) is 0 Å². The van der Waals surface area contributed by atoms with Crippen molar-refractivity contribution in [2.45, 2.75) is 49.4 Å². The molecule has 3 nitrogen and oxygen atoms in total. The summed E-state index contributed by atoms with van der Waals surface area (Å²) in [4.78, 5) is 23.5. The second-order valence-corrected chi connectivity index (χ2v) is 7.49. The molecule has 0 N–H and O–H groups in total. The Bertz CT molecular complexity index is 526. The molecule has 118 valence electrons. The van der Waals surface area contributed by atoms with Gasteiger partial charge in [-0.2, -0.15) is 13.2 Å². The zero-order valence-electron chi connectivity index (χ0n) is 11.3. The van der Waals surface area contributed by atoms with Crippen LogP contribution < -0.4 is 9.79 Å². The Kier molecular flexibility index (Phi) is 4.52. The van der Waals surface area contributed by atoms with Gasteiger partial charge in [-0.1, -0.05) is 50.8 Å². The summed E-state index contributed by atoms with van der Waals surface area (Å²) < 4.78 is 50.5. The van der Waals surface area contributed by atoms with Gasteiger partial charge < -0.3 is 14.4 Å². The van der Waals surface area contributed by atoms with Crippen LogP contribution in [0.5, 0.6) is 0 Å². The Balaban J connectivity index is 2.51. The molecule has 2 unspecified atom stereocenters. The molecule has 0 spiro atoms. The largest absolute Gasteiger partial charge is 0.810 e. The minimum atomic E-state index is -5.41. The first-order chi connectivity index (χ1) is 9.66. The molecule has 0 aromatic heterocycles. The quantitative estimate of drug-likeness (QED) is 0.804. The van der Waals surface area contributed by atoms with Crippen molar-refractivity contribution < 1.29 is 27.5 Å². The van der Waals surface area contributed by atoms with Crippen LogP contribution in [-0.4, -0.2) is 11.3 Å². The van der Waals surface area contributed by atoms with Gasteiger partial charge in [-0.25, -0.2) is 0 Å². The zero-order valence-corrected chi connectivity index (χ0v) is 12.2. The van der Waals surface area contributed by atoms with Gasteiger partial charge >= 0.3 is 6.18 Å². The van der Waals surface area contributed by atoms with E-state index in [4.69, 9.17) is 0 Å². The lowest BCUT2D eigenvalue weighted by Gasteiger charge is -2.56. The molecular weight excluding hydrogens is 304 g/mol.